The monoisotopic (exact) mass is 311 g/mol. The first-order valence-electron chi connectivity index (χ1n) is 6.86. The van der Waals surface area contributed by atoms with Crippen molar-refractivity contribution in [3.05, 3.63) is 70.4 Å². The second-order valence-corrected chi connectivity index (χ2v) is 4.95. The molecule has 0 spiro atoms. The minimum absolute atomic E-state index is 0.0444. The molecule has 0 saturated heterocycles. The summed E-state index contributed by atoms with van der Waals surface area (Å²) in [4.78, 5) is 22.6. The van der Waals surface area contributed by atoms with Gasteiger partial charge in [-0.05, 0) is 11.6 Å². The van der Waals surface area contributed by atoms with Crippen LogP contribution in [0.15, 0.2) is 54.7 Å². The Balaban J connectivity index is 2.11. The number of nitrogens with zero attached hydrogens (tertiary/aromatic N) is 3. The maximum absolute atomic E-state index is 12.2. The van der Waals surface area contributed by atoms with Crippen molar-refractivity contribution < 1.29 is 14.5 Å². The fourth-order valence-electron chi connectivity index (χ4n) is 2.41. The van der Waals surface area contributed by atoms with E-state index in [9.17, 15) is 14.9 Å². The summed E-state index contributed by atoms with van der Waals surface area (Å²) in [6.45, 7) is 0. The van der Waals surface area contributed by atoms with E-state index in [0.717, 1.165) is 5.56 Å². The second-order valence-electron chi connectivity index (χ2n) is 4.95. The molecule has 0 fully saturated rings. The van der Waals surface area contributed by atoms with Crippen LogP contribution in [0.3, 0.4) is 0 Å². The zero-order valence-corrected chi connectivity index (χ0v) is 12.2. The fraction of sp³-hybridized carbons (Fsp3) is 0.125. The molecule has 7 nitrogen and oxygen atoms in total. The number of hydrogen-bond acceptors (Lipinski definition) is 5. The Kier molecular flexibility index (Phi) is 3.76. The molecule has 2 aromatic carbocycles. The van der Waals surface area contributed by atoms with Gasteiger partial charge in [0.1, 0.15) is 0 Å². The molecule has 1 atom stereocenters. The quantitative estimate of drug-likeness (QED) is 0.420. The summed E-state index contributed by atoms with van der Waals surface area (Å²) in [6, 6.07) is 12.7. The standard InChI is InChI=1S/C16H13N3O4/c1-23-16(20)15(11-5-3-2-4-6-11)18-10-12-7-8-13(19(21)22)9-14(12)17-18/h2-10,15H,1H3/t15-/m1/s1. The maximum atomic E-state index is 12.2. The van der Waals surface area contributed by atoms with Crippen LogP contribution in [0.2, 0.25) is 0 Å². The van der Waals surface area contributed by atoms with Crippen LogP contribution in [0, 0.1) is 10.1 Å². The van der Waals surface area contributed by atoms with Crippen LogP contribution in [0.5, 0.6) is 0 Å². The number of fused-ring (bicyclic) bond motifs is 1. The maximum Gasteiger partial charge on any atom is 0.335 e. The SMILES string of the molecule is COC(=O)[C@@H](c1ccccc1)n1cc2ccc([N+](=O)[O-])cc2n1. The Labute approximate surface area is 131 Å². The molecule has 116 valence electrons. The number of rotatable bonds is 4. The highest BCUT2D eigenvalue weighted by Crippen LogP contribution is 2.24. The van der Waals surface area contributed by atoms with Crippen molar-refractivity contribution in [3.63, 3.8) is 0 Å². The van der Waals surface area contributed by atoms with Crippen molar-refractivity contribution in [2.24, 2.45) is 0 Å². The smallest absolute Gasteiger partial charge is 0.335 e. The van der Waals surface area contributed by atoms with Crippen LogP contribution in [-0.4, -0.2) is 27.8 Å². The average molecular weight is 311 g/mol. The van der Waals surface area contributed by atoms with E-state index in [1.54, 1.807) is 24.4 Å². The van der Waals surface area contributed by atoms with Gasteiger partial charge in [0.05, 0.1) is 17.5 Å². The van der Waals surface area contributed by atoms with Gasteiger partial charge in [-0.25, -0.2) is 4.79 Å². The normalized spacial score (nSPS) is 12.0. The first kappa shape index (κ1) is 14.7. The number of carbonyl (C=O) groups is 1. The molecular weight excluding hydrogens is 298 g/mol. The van der Waals surface area contributed by atoms with Gasteiger partial charge in [0.15, 0.2) is 6.04 Å². The molecule has 0 aliphatic rings. The van der Waals surface area contributed by atoms with E-state index >= 15 is 0 Å². The van der Waals surface area contributed by atoms with Crippen molar-refractivity contribution in [2.45, 2.75) is 6.04 Å². The van der Waals surface area contributed by atoms with Gasteiger partial charge >= 0.3 is 5.97 Å². The van der Waals surface area contributed by atoms with Crippen molar-refractivity contribution in [1.29, 1.82) is 0 Å². The van der Waals surface area contributed by atoms with Crippen molar-refractivity contribution >= 4 is 22.6 Å². The van der Waals surface area contributed by atoms with E-state index in [4.69, 9.17) is 4.74 Å². The van der Waals surface area contributed by atoms with Crippen LogP contribution in [0.1, 0.15) is 11.6 Å². The Morgan fingerprint density at radius 2 is 2.00 bits per heavy atom. The minimum Gasteiger partial charge on any atom is -0.467 e. The largest absolute Gasteiger partial charge is 0.467 e. The molecule has 0 radical (unpaired) electrons. The predicted molar refractivity (Wildman–Crippen MR) is 83.0 cm³/mol. The van der Waals surface area contributed by atoms with Gasteiger partial charge in [0.2, 0.25) is 0 Å². The molecular formula is C16H13N3O4. The Morgan fingerprint density at radius 1 is 1.26 bits per heavy atom. The highest BCUT2D eigenvalue weighted by atomic mass is 16.6. The minimum atomic E-state index is -0.743. The highest BCUT2D eigenvalue weighted by Gasteiger charge is 2.24. The number of benzene rings is 2. The highest BCUT2D eigenvalue weighted by molar-refractivity contribution is 5.82. The fourth-order valence-corrected chi connectivity index (χ4v) is 2.41. The first-order valence-corrected chi connectivity index (χ1v) is 6.86. The topological polar surface area (TPSA) is 87.3 Å². The molecule has 7 heteroatoms. The summed E-state index contributed by atoms with van der Waals surface area (Å²) in [5.41, 5.74) is 1.13. The van der Waals surface area contributed by atoms with Crippen LogP contribution < -0.4 is 0 Å². The number of non-ortho nitro benzene ring substituents is 1. The number of nitro benzene ring substituents is 1. The van der Waals surface area contributed by atoms with Crippen LogP contribution >= 0.6 is 0 Å². The van der Waals surface area contributed by atoms with E-state index in [1.165, 1.54) is 23.9 Å². The lowest BCUT2D eigenvalue weighted by atomic mass is 10.1. The second kappa shape index (κ2) is 5.88. The van der Waals surface area contributed by atoms with Gasteiger partial charge in [-0.1, -0.05) is 30.3 Å². The van der Waals surface area contributed by atoms with Gasteiger partial charge in [-0.3, -0.25) is 14.8 Å². The lowest BCUT2D eigenvalue weighted by Crippen LogP contribution is -2.22. The molecule has 1 aromatic heterocycles. The summed E-state index contributed by atoms with van der Waals surface area (Å²) in [6.07, 6.45) is 1.67. The number of ether oxygens (including phenoxy) is 1. The third-order valence-electron chi connectivity index (χ3n) is 3.52. The van der Waals surface area contributed by atoms with Crippen LogP contribution in [0.25, 0.3) is 10.9 Å². The van der Waals surface area contributed by atoms with Crippen molar-refractivity contribution in [3.8, 4) is 0 Å². The van der Waals surface area contributed by atoms with E-state index < -0.39 is 16.9 Å². The predicted octanol–water partition coefficient (Wildman–Crippen LogP) is 2.71. The molecule has 0 unspecified atom stereocenters. The van der Waals surface area contributed by atoms with Gasteiger partial charge < -0.3 is 4.74 Å². The zero-order valence-electron chi connectivity index (χ0n) is 12.2. The molecule has 0 bridgehead atoms. The number of hydrogen-bond donors (Lipinski definition) is 0. The van der Waals surface area contributed by atoms with Gasteiger partial charge in [0.25, 0.3) is 5.69 Å². The third kappa shape index (κ3) is 2.76. The molecule has 0 N–H and O–H groups in total. The number of aromatic nitrogens is 2. The van der Waals surface area contributed by atoms with Gasteiger partial charge in [-0.2, -0.15) is 5.10 Å². The first-order chi connectivity index (χ1) is 11.1. The number of carbonyl (C=O) groups excluding carboxylic acids is 1. The summed E-state index contributed by atoms with van der Waals surface area (Å²) in [5, 5.41) is 15.9. The van der Waals surface area contributed by atoms with E-state index in [0.29, 0.717) is 10.9 Å². The van der Waals surface area contributed by atoms with Crippen molar-refractivity contribution in [2.75, 3.05) is 7.11 Å². The van der Waals surface area contributed by atoms with E-state index in [1.807, 2.05) is 18.2 Å². The lowest BCUT2D eigenvalue weighted by Gasteiger charge is -2.15. The van der Waals surface area contributed by atoms with E-state index in [2.05, 4.69) is 5.10 Å². The lowest BCUT2D eigenvalue weighted by molar-refractivity contribution is -0.384. The number of esters is 1. The molecule has 0 aliphatic carbocycles. The van der Waals surface area contributed by atoms with E-state index in [-0.39, 0.29) is 5.69 Å². The third-order valence-corrected chi connectivity index (χ3v) is 3.52. The summed E-state index contributed by atoms with van der Waals surface area (Å²) in [5.74, 6) is -0.460. The number of nitro groups is 1. The van der Waals surface area contributed by atoms with Gasteiger partial charge in [0, 0.05) is 23.7 Å². The van der Waals surface area contributed by atoms with Crippen LogP contribution in [-0.2, 0) is 9.53 Å². The van der Waals surface area contributed by atoms with Crippen molar-refractivity contribution in [1.82, 2.24) is 9.78 Å². The molecule has 0 saturated carbocycles. The Hall–Kier alpha value is -3.22. The molecule has 3 aromatic rings. The molecule has 3 rings (SSSR count). The molecule has 0 amide bonds. The average Bonchev–Trinajstić information content (AvgIpc) is 2.98. The summed E-state index contributed by atoms with van der Waals surface area (Å²) >= 11 is 0. The Bertz CT molecular complexity index is 873. The summed E-state index contributed by atoms with van der Waals surface area (Å²) < 4.78 is 6.34. The Morgan fingerprint density at radius 3 is 2.65 bits per heavy atom. The molecule has 23 heavy (non-hydrogen) atoms. The molecule has 0 aliphatic heterocycles. The summed E-state index contributed by atoms with van der Waals surface area (Å²) in [7, 11) is 1.31. The zero-order chi connectivity index (χ0) is 16.4. The van der Waals surface area contributed by atoms with Gasteiger partial charge in [-0.15, -0.1) is 0 Å². The number of methoxy groups -OCH3 is 1. The van der Waals surface area contributed by atoms with Crippen LogP contribution in [0.4, 0.5) is 5.69 Å². The molecule has 1 heterocycles.